The highest BCUT2D eigenvalue weighted by Crippen LogP contribution is 2.24. The van der Waals surface area contributed by atoms with Gasteiger partial charge in [0.1, 0.15) is 0 Å². The number of benzene rings is 3. The Morgan fingerprint density at radius 1 is 0.825 bits per heavy atom. The summed E-state index contributed by atoms with van der Waals surface area (Å²) in [5.41, 5.74) is 4.42. The average molecular weight is 556 g/mol. The van der Waals surface area contributed by atoms with Crippen molar-refractivity contribution in [1.82, 2.24) is 14.8 Å². The van der Waals surface area contributed by atoms with Crippen LogP contribution in [-0.4, -0.2) is 55.3 Å². The summed E-state index contributed by atoms with van der Waals surface area (Å²) in [7, 11) is -3.60. The molecule has 1 aliphatic rings. The van der Waals surface area contributed by atoms with Gasteiger partial charge in [-0.2, -0.15) is 0 Å². The number of rotatable bonds is 9. The van der Waals surface area contributed by atoms with Crippen molar-refractivity contribution in [3.63, 3.8) is 0 Å². The van der Waals surface area contributed by atoms with Crippen LogP contribution in [0.2, 0.25) is 0 Å². The van der Waals surface area contributed by atoms with Crippen LogP contribution in [0.3, 0.4) is 0 Å². The molecule has 1 aliphatic heterocycles. The van der Waals surface area contributed by atoms with Gasteiger partial charge in [0, 0.05) is 49.9 Å². The second-order valence-electron chi connectivity index (χ2n) is 10.6. The van der Waals surface area contributed by atoms with Gasteiger partial charge >= 0.3 is 0 Å². The summed E-state index contributed by atoms with van der Waals surface area (Å²) in [5, 5.41) is 0.792. The summed E-state index contributed by atoms with van der Waals surface area (Å²) < 4.78 is 26.4. The molecule has 40 heavy (non-hydrogen) atoms. The van der Waals surface area contributed by atoms with Crippen molar-refractivity contribution in [3.05, 3.63) is 107 Å². The van der Waals surface area contributed by atoms with Crippen molar-refractivity contribution in [3.8, 4) is 0 Å². The van der Waals surface area contributed by atoms with Crippen molar-refractivity contribution in [1.29, 1.82) is 0 Å². The van der Waals surface area contributed by atoms with Gasteiger partial charge in [-0.15, -0.1) is 0 Å². The third-order valence-electron chi connectivity index (χ3n) is 7.61. The number of amides is 1. The molecular weight excluding hydrogens is 518 g/mol. The topological polar surface area (TPSA) is 70.6 Å². The third-order valence-corrected chi connectivity index (χ3v) is 9.33. The van der Waals surface area contributed by atoms with Crippen LogP contribution in [0.4, 0.5) is 0 Å². The average Bonchev–Trinajstić information content (AvgIpc) is 3.22. The van der Waals surface area contributed by atoms with Crippen molar-refractivity contribution < 1.29 is 13.2 Å². The normalized spacial score (nSPS) is 14.8. The molecule has 208 valence electrons. The molecule has 0 radical (unpaired) electrons. The molecule has 6 nitrogen and oxygen atoms in total. The van der Waals surface area contributed by atoms with Crippen LogP contribution in [0.25, 0.3) is 10.9 Å². The quantitative estimate of drug-likeness (QED) is 0.257. The molecule has 0 unspecified atom stereocenters. The van der Waals surface area contributed by atoms with E-state index in [9.17, 15) is 13.2 Å². The van der Waals surface area contributed by atoms with Gasteiger partial charge in [-0.3, -0.25) is 14.7 Å². The summed E-state index contributed by atoms with van der Waals surface area (Å²) in [6.45, 7) is 6.30. The molecule has 4 aromatic rings. The second kappa shape index (κ2) is 12.7. The largest absolute Gasteiger partial charge is 0.337 e. The minimum absolute atomic E-state index is 0.00483. The van der Waals surface area contributed by atoms with Crippen LogP contribution >= 0.6 is 0 Å². The molecule has 1 saturated heterocycles. The van der Waals surface area contributed by atoms with E-state index >= 15 is 0 Å². The Hall–Kier alpha value is -3.55. The molecular formula is C33H37N3O3S. The fourth-order valence-electron chi connectivity index (χ4n) is 5.33. The van der Waals surface area contributed by atoms with Crippen LogP contribution in [0, 0.1) is 0 Å². The zero-order valence-corrected chi connectivity index (χ0v) is 23.9. The lowest BCUT2D eigenvalue weighted by Gasteiger charge is -2.22. The van der Waals surface area contributed by atoms with Crippen LogP contribution < -0.4 is 0 Å². The van der Waals surface area contributed by atoms with Crippen molar-refractivity contribution in [2.45, 2.75) is 49.8 Å². The molecule has 3 aromatic carbocycles. The number of hydrogen-bond acceptors (Lipinski definition) is 5. The van der Waals surface area contributed by atoms with Gasteiger partial charge in [0.05, 0.1) is 16.2 Å². The number of para-hydroxylation sites is 1. The number of pyridine rings is 1. The zero-order chi connectivity index (χ0) is 28.0. The van der Waals surface area contributed by atoms with E-state index in [1.165, 1.54) is 24.0 Å². The lowest BCUT2D eigenvalue weighted by Crippen LogP contribution is -2.35. The molecule has 0 aliphatic carbocycles. The number of hydrogen-bond donors (Lipinski definition) is 0. The predicted molar refractivity (Wildman–Crippen MR) is 160 cm³/mol. The Labute approximate surface area is 237 Å². The van der Waals surface area contributed by atoms with E-state index in [1.807, 2.05) is 17.0 Å². The number of sulfone groups is 1. The van der Waals surface area contributed by atoms with Crippen molar-refractivity contribution >= 4 is 26.6 Å². The van der Waals surface area contributed by atoms with Gasteiger partial charge < -0.3 is 4.90 Å². The van der Waals surface area contributed by atoms with Gasteiger partial charge in [0.2, 0.25) is 0 Å². The smallest absolute Gasteiger partial charge is 0.253 e. The van der Waals surface area contributed by atoms with Crippen molar-refractivity contribution in [2.75, 3.05) is 26.2 Å². The highest BCUT2D eigenvalue weighted by Gasteiger charge is 2.22. The summed E-state index contributed by atoms with van der Waals surface area (Å²) >= 11 is 0. The fourth-order valence-corrected chi connectivity index (χ4v) is 6.87. The monoisotopic (exact) mass is 555 g/mol. The van der Waals surface area contributed by atoms with Crippen LogP contribution in [0.1, 0.15) is 53.2 Å². The Balaban J connectivity index is 1.18. The highest BCUT2D eigenvalue weighted by atomic mass is 32.2. The number of aromatic nitrogens is 1. The molecule has 5 rings (SSSR count). The van der Waals surface area contributed by atoms with Gasteiger partial charge in [-0.05, 0) is 60.2 Å². The number of unbranched alkanes of at least 4 members (excludes halogenated alkanes) is 1. The molecule has 0 bridgehead atoms. The third kappa shape index (κ3) is 6.77. The molecule has 7 heteroatoms. The number of carbonyl (C=O) groups excluding carboxylic acids is 1. The minimum Gasteiger partial charge on any atom is -0.337 e. The van der Waals surface area contributed by atoms with E-state index in [1.54, 1.807) is 48.7 Å². The van der Waals surface area contributed by atoms with E-state index in [0.717, 1.165) is 44.4 Å². The standard InChI is InChI=1S/C33H37N3O3S/c1-2-3-7-26-11-13-27(14-12-26)24-35-20-6-21-36(23-22-35)33(37)30-17-15-28(16-18-30)25-40(38,39)31-10-4-8-29-9-5-19-34-32(29)31/h4-5,8-19H,2-3,6-7,20-25H2,1H3. The predicted octanol–water partition coefficient (Wildman–Crippen LogP) is 5.90. The summed E-state index contributed by atoms with van der Waals surface area (Å²) in [6, 6.07) is 24.8. The summed E-state index contributed by atoms with van der Waals surface area (Å²) in [5.74, 6) is -0.148. The van der Waals surface area contributed by atoms with Crippen LogP contribution in [0.15, 0.2) is 90.0 Å². The van der Waals surface area contributed by atoms with Gasteiger partial charge in [-0.1, -0.05) is 67.9 Å². The van der Waals surface area contributed by atoms with Gasteiger partial charge in [0.15, 0.2) is 9.84 Å². The van der Waals surface area contributed by atoms with E-state index in [0.29, 0.717) is 23.2 Å². The molecule has 0 spiro atoms. The van der Waals surface area contributed by atoms with Gasteiger partial charge in [0.25, 0.3) is 5.91 Å². The number of nitrogens with zero attached hydrogens (tertiary/aromatic N) is 3. The summed E-state index contributed by atoms with van der Waals surface area (Å²) in [6.07, 6.45) is 6.10. The van der Waals surface area contributed by atoms with E-state index < -0.39 is 9.84 Å². The van der Waals surface area contributed by atoms with E-state index in [-0.39, 0.29) is 16.6 Å². The maximum atomic E-state index is 13.3. The maximum Gasteiger partial charge on any atom is 0.253 e. The van der Waals surface area contributed by atoms with Gasteiger partial charge in [-0.25, -0.2) is 8.42 Å². The Bertz CT molecular complexity index is 1550. The second-order valence-corrected chi connectivity index (χ2v) is 12.6. The molecule has 0 atom stereocenters. The summed E-state index contributed by atoms with van der Waals surface area (Å²) in [4.78, 5) is 22.1. The van der Waals surface area contributed by atoms with Crippen LogP contribution in [0.5, 0.6) is 0 Å². The first-order valence-corrected chi connectivity index (χ1v) is 15.8. The van der Waals surface area contributed by atoms with Crippen LogP contribution in [-0.2, 0) is 28.6 Å². The number of aryl methyl sites for hydroxylation is 1. The molecule has 0 N–H and O–H groups in total. The molecule has 1 aromatic heterocycles. The molecule has 0 saturated carbocycles. The maximum absolute atomic E-state index is 13.3. The minimum atomic E-state index is -3.60. The van der Waals surface area contributed by atoms with E-state index in [2.05, 4.69) is 41.1 Å². The lowest BCUT2D eigenvalue weighted by atomic mass is 10.1. The first-order chi connectivity index (χ1) is 19.4. The Morgan fingerprint density at radius 3 is 2.33 bits per heavy atom. The van der Waals surface area contributed by atoms with Crippen molar-refractivity contribution in [2.24, 2.45) is 0 Å². The Morgan fingerprint density at radius 2 is 1.55 bits per heavy atom. The lowest BCUT2D eigenvalue weighted by molar-refractivity contribution is 0.0761. The molecule has 2 heterocycles. The SMILES string of the molecule is CCCCc1ccc(CN2CCCN(C(=O)c3ccc(CS(=O)(=O)c4cccc5cccnc45)cc3)CC2)cc1. The first-order valence-electron chi connectivity index (χ1n) is 14.2. The Kier molecular flexibility index (Phi) is 8.92. The number of carbonyl (C=O) groups is 1. The highest BCUT2D eigenvalue weighted by molar-refractivity contribution is 7.90. The fraction of sp³-hybridized carbons (Fsp3) is 0.333. The first kappa shape index (κ1) is 28.0. The molecule has 1 amide bonds. The zero-order valence-electron chi connectivity index (χ0n) is 23.1. The molecule has 1 fully saturated rings. The van der Waals surface area contributed by atoms with E-state index in [4.69, 9.17) is 0 Å². The number of fused-ring (bicyclic) bond motifs is 1.